The number of hydrogen-bond donors (Lipinski definition) is 1. The third-order valence-electron chi connectivity index (χ3n) is 1.60. The van der Waals surface area contributed by atoms with E-state index in [1.54, 1.807) is 0 Å². The average Bonchev–Trinajstić information content (AvgIpc) is 1.82. The maximum absolute atomic E-state index is 10.8. The van der Waals surface area contributed by atoms with Crippen LogP contribution in [0.3, 0.4) is 0 Å². The molecule has 0 aliphatic carbocycles. The molecule has 1 unspecified atom stereocenters. The minimum atomic E-state index is -0.736. The Morgan fingerprint density at radius 3 is 1.91 bits per heavy atom. The Balaban J connectivity index is 4.38. The Morgan fingerprint density at radius 2 is 1.82 bits per heavy atom. The predicted molar refractivity (Wildman–Crippen MR) is 45.3 cm³/mol. The van der Waals surface area contributed by atoms with E-state index >= 15 is 0 Å². The minimum Gasteiger partial charge on any atom is -0.388 e. The number of aliphatic hydroxyl groups is 1. The number of aliphatic hydroxyl groups excluding tert-OH is 1. The summed E-state index contributed by atoms with van der Waals surface area (Å²) in [4.78, 5) is 10.8. The van der Waals surface area contributed by atoms with Gasteiger partial charge in [0.2, 0.25) is 0 Å². The monoisotopic (exact) mass is 156 g/mol. The molecule has 0 saturated carbocycles. The number of ketones is 1. The van der Waals surface area contributed by atoms with Gasteiger partial charge in [0.25, 0.3) is 0 Å². The zero-order valence-electron chi connectivity index (χ0n) is 7.64. The van der Waals surface area contributed by atoms with Gasteiger partial charge in [0.1, 0.15) is 0 Å². The lowest BCUT2D eigenvalue weighted by Gasteiger charge is -2.26. The lowest BCUT2D eigenvalue weighted by molar-refractivity contribution is -0.115. The summed E-state index contributed by atoms with van der Waals surface area (Å²) < 4.78 is 0. The van der Waals surface area contributed by atoms with Crippen molar-refractivity contribution in [2.24, 2.45) is 5.41 Å². The van der Waals surface area contributed by atoms with Crippen molar-refractivity contribution in [1.29, 1.82) is 0 Å². The van der Waals surface area contributed by atoms with Gasteiger partial charge in [-0.05, 0) is 12.3 Å². The third kappa shape index (κ3) is 2.85. The van der Waals surface area contributed by atoms with Crippen LogP contribution in [0.15, 0.2) is 12.2 Å². The molecular formula is C9H16O2. The molecule has 0 spiro atoms. The average molecular weight is 156 g/mol. The number of hydrogen-bond acceptors (Lipinski definition) is 2. The summed E-state index contributed by atoms with van der Waals surface area (Å²) in [5.41, 5.74) is -0.0135. The minimum absolute atomic E-state index is 0.146. The zero-order valence-corrected chi connectivity index (χ0v) is 7.64. The third-order valence-corrected chi connectivity index (χ3v) is 1.60. The summed E-state index contributed by atoms with van der Waals surface area (Å²) in [6.45, 7) is 10.5. The fourth-order valence-corrected chi connectivity index (χ4v) is 0.715. The maximum Gasteiger partial charge on any atom is 0.157 e. The number of carbonyl (C=O) groups excluding carboxylic acids is 1. The first-order valence-electron chi connectivity index (χ1n) is 3.64. The van der Waals surface area contributed by atoms with Crippen molar-refractivity contribution in [1.82, 2.24) is 0 Å². The van der Waals surface area contributed by atoms with Gasteiger partial charge in [-0.15, -0.1) is 0 Å². The second kappa shape index (κ2) is 3.18. The van der Waals surface area contributed by atoms with E-state index in [2.05, 4.69) is 6.58 Å². The van der Waals surface area contributed by atoms with Crippen LogP contribution >= 0.6 is 0 Å². The summed E-state index contributed by atoms with van der Waals surface area (Å²) in [6.07, 6.45) is -0.736. The highest BCUT2D eigenvalue weighted by Crippen LogP contribution is 2.24. The van der Waals surface area contributed by atoms with Crippen molar-refractivity contribution in [2.75, 3.05) is 0 Å². The molecule has 0 saturated heterocycles. The molecule has 0 bridgehead atoms. The molecule has 2 nitrogen and oxygen atoms in total. The van der Waals surface area contributed by atoms with E-state index in [1.165, 1.54) is 6.92 Å². The lowest BCUT2D eigenvalue weighted by Crippen LogP contribution is -2.30. The molecule has 0 rings (SSSR count). The number of Topliss-reactive ketones (excluding diaryl/α,β-unsaturated/α-hetero) is 1. The van der Waals surface area contributed by atoms with E-state index in [-0.39, 0.29) is 16.8 Å². The zero-order chi connectivity index (χ0) is 9.23. The summed E-state index contributed by atoms with van der Waals surface area (Å²) >= 11 is 0. The van der Waals surface area contributed by atoms with Gasteiger partial charge in [-0.1, -0.05) is 27.4 Å². The van der Waals surface area contributed by atoms with Crippen LogP contribution in [0.25, 0.3) is 0 Å². The van der Waals surface area contributed by atoms with Gasteiger partial charge < -0.3 is 5.11 Å². The summed E-state index contributed by atoms with van der Waals surface area (Å²) in [5, 5.41) is 9.50. The lowest BCUT2D eigenvalue weighted by atomic mass is 9.84. The molecule has 1 atom stereocenters. The fourth-order valence-electron chi connectivity index (χ4n) is 0.715. The van der Waals surface area contributed by atoms with Gasteiger partial charge in [0.05, 0.1) is 6.10 Å². The van der Waals surface area contributed by atoms with Crippen LogP contribution in [0.4, 0.5) is 0 Å². The van der Waals surface area contributed by atoms with Crippen molar-refractivity contribution < 1.29 is 9.90 Å². The molecule has 64 valence electrons. The van der Waals surface area contributed by atoms with Crippen LogP contribution in [0, 0.1) is 5.41 Å². The van der Waals surface area contributed by atoms with Crippen LogP contribution in [-0.2, 0) is 4.79 Å². The highest BCUT2D eigenvalue weighted by Gasteiger charge is 2.26. The molecule has 0 fully saturated rings. The number of carbonyl (C=O) groups is 1. The number of rotatable bonds is 2. The van der Waals surface area contributed by atoms with E-state index in [9.17, 15) is 9.90 Å². The Bertz CT molecular complexity index is 174. The molecule has 2 heteroatoms. The van der Waals surface area contributed by atoms with Gasteiger partial charge in [-0.3, -0.25) is 4.79 Å². The van der Waals surface area contributed by atoms with E-state index in [4.69, 9.17) is 0 Å². The van der Waals surface area contributed by atoms with Crippen molar-refractivity contribution in [3.05, 3.63) is 12.2 Å². The summed E-state index contributed by atoms with van der Waals surface area (Å²) in [6, 6.07) is 0. The molecule has 0 heterocycles. The maximum atomic E-state index is 10.8. The largest absolute Gasteiger partial charge is 0.388 e. The first-order valence-corrected chi connectivity index (χ1v) is 3.64. The highest BCUT2D eigenvalue weighted by atomic mass is 16.3. The van der Waals surface area contributed by atoms with Gasteiger partial charge in [-0.25, -0.2) is 0 Å². The molecule has 0 aromatic carbocycles. The first kappa shape index (κ1) is 10.4. The standard InChI is InChI=1S/C9H16O2/c1-6(7(2)10)8(11)9(3,4)5/h8,11H,1H2,2-5H3. The highest BCUT2D eigenvalue weighted by molar-refractivity contribution is 5.93. The summed E-state index contributed by atoms with van der Waals surface area (Å²) in [7, 11) is 0. The second-order valence-corrected chi connectivity index (χ2v) is 3.85. The molecular weight excluding hydrogens is 140 g/mol. The SMILES string of the molecule is C=C(C(C)=O)C(O)C(C)(C)C. The van der Waals surface area contributed by atoms with Crippen LogP contribution in [-0.4, -0.2) is 17.0 Å². The smallest absolute Gasteiger partial charge is 0.157 e. The van der Waals surface area contributed by atoms with Crippen molar-refractivity contribution in [3.63, 3.8) is 0 Å². The quantitative estimate of drug-likeness (QED) is 0.616. The Morgan fingerprint density at radius 1 is 1.45 bits per heavy atom. The Labute approximate surface area is 67.9 Å². The van der Waals surface area contributed by atoms with E-state index in [1.807, 2.05) is 20.8 Å². The second-order valence-electron chi connectivity index (χ2n) is 3.85. The van der Waals surface area contributed by atoms with Gasteiger partial charge in [-0.2, -0.15) is 0 Å². The van der Waals surface area contributed by atoms with E-state index in [0.717, 1.165) is 0 Å². The normalized spacial score (nSPS) is 14.3. The predicted octanol–water partition coefficient (Wildman–Crippen LogP) is 1.54. The van der Waals surface area contributed by atoms with E-state index < -0.39 is 6.10 Å². The van der Waals surface area contributed by atoms with Gasteiger partial charge >= 0.3 is 0 Å². The first-order chi connectivity index (χ1) is 4.76. The molecule has 0 radical (unpaired) electrons. The van der Waals surface area contributed by atoms with Gasteiger partial charge in [0.15, 0.2) is 5.78 Å². The topological polar surface area (TPSA) is 37.3 Å². The van der Waals surface area contributed by atoms with Crippen molar-refractivity contribution in [2.45, 2.75) is 33.8 Å². The van der Waals surface area contributed by atoms with Crippen LogP contribution in [0.5, 0.6) is 0 Å². The molecule has 0 aliphatic heterocycles. The molecule has 11 heavy (non-hydrogen) atoms. The molecule has 0 aromatic heterocycles. The summed E-state index contributed by atoms with van der Waals surface area (Å²) in [5.74, 6) is -0.146. The van der Waals surface area contributed by atoms with Crippen molar-refractivity contribution in [3.8, 4) is 0 Å². The fraction of sp³-hybridized carbons (Fsp3) is 0.667. The Kier molecular flexibility index (Phi) is 3.00. The van der Waals surface area contributed by atoms with Crippen LogP contribution < -0.4 is 0 Å². The van der Waals surface area contributed by atoms with Gasteiger partial charge in [0, 0.05) is 5.57 Å². The molecule has 1 N–H and O–H groups in total. The Hall–Kier alpha value is -0.630. The van der Waals surface area contributed by atoms with Crippen LogP contribution in [0.1, 0.15) is 27.7 Å². The van der Waals surface area contributed by atoms with E-state index in [0.29, 0.717) is 0 Å². The molecule has 0 aromatic rings. The molecule has 0 amide bonds. The van der Waals surface area contributed by atoms with Crippen molar-refractivity contribution >= 4 is 5.78 Å². The van der Waals surface area contributed by atoms with Crippen LogP contribution in [0.2, 0.25) is 0 Å². The molecule has 0 aliphatic rings.